The molecule has 0 aromatic heterocycles. The summed E-state index contributed by atoms with van der Waals surface area (Å²) < 4.78 is 0. The largest absolute Gasteiger partial charge is 0.138 e. The van der Waals surface area contributed by atoms with Crippen LogP contribution in [0.3, 0.4) is 0 Å². The third-order valence-corrected chi connectivity index (χ3v) is 1.26. The Hall–Kier alpha value is 0.720. The number of rotatable bonds is 3. The van der Waals surface area contributed by atoms with Gasteiger partial charge in [-0.1, -0.05) is 0 Å². The van der Waals surface area contributed by atoms with Crippen LogP contribution in [0.5, 0.6) is 0 Å². The standard InChI is InChI=1S/C4H10ClP/c5-3-1-2-4-6/h1-4,6H2. The summed E-state index contributed by atoms with van der Waals surface area (Å²) in [4.78, 5) is 0. The summed E-state index contributed by atoms with van der Waals surface area (Å²) in [6, 6.07) is 0. The lowest BCUT2D eigenvalue weighted by molar-refractivity contribution is 0.903. The Balaban J connectivity index is 2.34. The first-order valence-corrected chi connectivity index (χ1v) is 3.53. The van der Waals surface area contributed by atoms with Crippen LogP contribution in [0, 0.1) is 0 Å². The molecule has 1 atom stereocenters. The van der Waals surface area contributed by atoms with Crippen molar-refractivity contribution in [3.63, 3.8) is 0 Å². The summed E-state index contributed by atoms with van der Waals surface area (Å²) in [6.45, 7) is 0. The van der Waals surface area contributed by atoms with Gasteiger partial charge in [-0.2, -0.15) is 0 Å². The second-order valence-electron chi connectivity index (χ2n) is 1.18. The molecule has 6 heavy (non-hydrogen) atoms. The molecule has 0 aliphatic rings. The maximum Gasteiger partial charge on any atom is 0.0223 e. The SMILES string of the molecule is PCCCCCl. The van der Waals surface area contributed by atoms with Crippen LogP contribution in [0.4, 0.5) is 0 Å². The van der Waals surface area contributed by atoms with Crippen LogP contribution in [-0.2, 0) is 0 Å². The monoisotopic (exact) mass is 124 g/mol. The predicted molar refractivity (Wildman–Crippen MR) is 34.5 cm³/mol. The molecule has 1 unspecified atom stereocenters. The first-order chi connectivity index (χ1) is 2.91. The highest BCUT2D eigenvalue weighted by Gasteiger charge is 1.76. The Morgan fingerprint density at radius 2 is 2.00 bits per heavy atom. The third-order valence-electron chi connectivity index (χ3n) is 0.588. The Labute approximate surface area is 46.5 Å². The van der Waals surface area contributed by atoms with Crippen molar-refractivity contribution in [3.8, 4) is 0 Å². The molecule has 2 heteroatoms. The number of hydrogen-bond acceptors (Lipinski definition) is 0. The third kappa shape index (κ3) is 4.72. The van der Waals surface area contributed by atoms with Gasteiger partial charge in [-0.05, 0) is 19.0 Å². The quantitative estimate of drug-likeness (QED) is 0.306. The molecule has 0 heterocycles. The van der Waals surface area contributed by atoms with Gasteiger partial charge in [-0.25, -0.2) is 0 Å². The average molecular weight is 125 g/mol. The van der Waals surface area contributed by atoms with Gasteiger partial charge in [-0.3, -0.25) is 0 Å². The summed E-state index contributed by atoms with van der Waals surface area (Å²) in [5, 5.41) is 0. The highest BCUT2D eigenvalue weighted by molar-refractivity contribution is 7.16. The van der Waals surface area contributed by atoms with Gasteiger partial charge in [0.2, 0.25) is 0 Å². The normalized spacial score (nSPS) is 9.00. The van der Waals surface area contributed by atoms with E-state index in [0.29, 0.717) is 0 Å². The lowest BCUT2D eigenvalue weighted by Gasteiger charge is -1.84. The van der Waals surface area contributed by atoms with Crippen molar-refractivity contribution in [3.05, 3.63) is 0 Å². The summed E-state index contributed by atoms with van der Waals surface area (Å²) in [5.41, 5.74) is 0. The minimum absolute atomic E-state index is 0.814. The fraction of sp³-hybridized carbons (Fsp3) is 1.00. The Morgan fingerprint density at radius 3 is 2.17 bits per heavy atom. The van der Waals surface area contributed by atoms with E-state index in [1.807, 2.05) is 0 Å². The Kier molecular flexibility index (Phi) is 6.41. The van der Waals surface area contributed by atoms with Crippen LogP contribution >= 0.6 is 20.8 Å². The molecule has 0 fully saturated rings. The molecule has 0 nitrogen and oxygen atoms in total. The van der Waals surface area contributed by atoms with E-state index in [0.717, 1.165) is 12.3 Å². The molecule has 0 aromatic rings. The van der Waals surface area contributed by atoms with E-state index < -0.39 is 0 Å². The van der Waals surface area contributed by atoms with Gasteiger partial charge >= 0.3 is 0 Å². The Bertz CT molecular complexity index is 19.5. The van der Waals surface area contributed by atoms with E-state index >= 15 is 0 Å². The zero-order valence-electron chi connectivity index (χ0n) is 3.78. The van der Waals surface area contributed by atoms with Gasteiger partial charge in [0, 0.05) is 5.88 Å². The molecular weight excluding hydrogens is 114 g/mol. The first kappa shape index (κ1) is 6.72. The molecule has 0 aromatic carbocycles. The topological polar surface area (TPSA) is 0 Å². The molecule has 38 valence electrons. The summed E-state index contributed by atoms with van der Waals surface area (Å²) in [5.74, 6) is 0.814. The van der Waals surface area contributed by atoms with Gasteiger partial charge in [0.25, 0.3) is 0 Å². The number of unbranched alkanes of at least 4 members (excludes halogenated alkanes) is 1. The minimum atomic E-state index is 0.814. The minimum Gasteiger partial charge on any atom is -0.138 e. The second-order valence-corrected chi connectivity index (χ2v) is 2.14. The van der Waals surface area contributed by atoms with Crippen molar-refractivity contribution in [1.82, 2.24) is 0 Å². The lowest BCUT2D eigenvalue weighted by Crippen LogP contribution is -1.74. The Morgan fingerprint density at radius 1 is 1.33 bits per heavy atom. The molecular formula is C4H10ClP. The summed E-state index contributed by atoms with van der Waals surface area (Å²) in [6.07, 6.45) is 3.59. The van der Waals surface area contributed by atoms with Crippen molar-refractivity contribution >= 4 is 20.8 Å². The highest BCUT2D eigenvalue weighted by Crippen LogP contribution is 1.94. The second kappa shape index (κ2) is 5.72. The van der Waals surface area contributed by atoms with Crippen LogP contribution < -0.4 is 0 Å². The molecule has 0 spiro atoms. The van der Waals surface area contributed by atoms with Crippen LogP contribution in [0.25, 0.3) is 0 Å². The molecule has 0 bridgehead atoms. The molecule has 0 saturated carbocycles. The molecule has 0 aliphatic carbocycles. The van der Waals surface area contributed by atoms with Crippen molar-refractivity contribution in [2.24, 2.45) is 0 Å². The van der Waals surface area contributed by atoms with Crippen LogP contribution in [0.15, 0.2) is 0 Å². The summed E-state index contributed by atoms with van der Waals surface area (Å²) in [7, 11) is 2.67. The summed E-state index contributed by atoms with van der Waals surface area (Å²) >= 11 is 5.37. The van der Waals surface area contributed by atoms with Crippen molar-refractivity contribution < 1.29 is 0 Å². The fourth-order valence-electron chi connectivity index (χ4n) is 0.239. The maximum absolute atomic E-state index is 5.37. The van der Waals surface area contributed by atoms with Gasteiger partial charge < -0.3 is 0 Å². The fourth-order valence-corrected chi connectivity index (χ4v) is 0.716. The number of halogens is 1. The van der Waals surface area contributed by atoms with Crippen LogP contribution in [0.2, 0.25) is 0 Å². The van der Waals surface area contributed by atoms with E-state index in [1.165, 1.54) is 12.6 Å². The van der Waals surface area contributed by atoms with Crippen molar-refractivity contribution in [2.75, 3.05) is 12.0 Å². The molecule has 0 saturated heterocycles. The lowest BCUT2D eigenvalue weighted by atomic mass is 10.4. The molecule has 0 radical (unpaired) electrons. The van der Waals surface area contributed by atoms with E-state index in [-0.39, 0.29) is 0 Å². The molecule has 0 aliphatic heterocycles. The molecule has 0 rings (SSSR count). The average Bonchev–Trinajstić information content (AvgIpc) is 1.61. The number of hydrogen-bond donors (Lipinski definition) is 0. The van der Waals surface area contributed by atoms with Gasteiger partial charge in [0.1, 0.15) is 0 Å². The molecule has 0 N–H and O–H groups in total. The van der Waals surface area contributed by atoms with E-state index in [4.69, 9.17) is 11.6 Å². The first-order valence-electron chi connectivity index (χ1n) is 2.18. The van der Waals surface area contributed by atoms with Gasteiger partial charge in [-0.15, -0.1) is 20.8 Å². The highest BCUT2D eigenvalue weighted by atomic mass is 35.5. The van der Waals surface area contributed by atoms with Gasteiger partial charge in [0.05, 0.1) is 0 Å². The zero-order chi connectivity index (χ0) is 4.83. The predicted octanol–water partition coefficient (Wildman–Crippen LogP) is 1.88. The van der Waals surface area contributed by atoms with Crippen LogP contribution in [0.1, 0.15) is 12.8 Å². The van der Waals surface area contributed by atoms with E-state index in [2.05, 4.69) is 9.24 Å². The van der Waals surface area contributed by atoms with Crippen LogP contribution in [-0.4, -0.2) is 12.0 Å². The van der Waals surface area contributed by atoms with E-state index in [9.17, 15) is 0 Å². The van der Waals surface area contributed by atoms with Crippen molar-refractivity contribution in [1.29, 1.82) is 0 Å². The van der Waals surface area contributed by atoms with Gasteiger partial charge in [0.15, 0.2) is 0 Å². The number of alkyl halides is 1. The zero-order valence-corrected chi connectivity index (χ0v) is 5.69. The van der Waals surface area contributed by atoms with E-state index in [1.54, 1.807) is 0 Å². The molecule has 0 amide bonds. The van der Waals surface area contributed by atoms with Crippen molar-refractivity contribution in [2.45, 2.75) is 12.8 Å². The maximum atomic E-state index is 5.37. The smallest absolute Gasteiger partial charge is 0.0223 e.